The van der Waals surface area contributed by atoms with Gasteiger partial charge in [-0.05, 0) is 24.3 Å². The Morgan fingerprint density at radius 2 is 1.10 bits per heavy atom. The van der Waals surface area contributed by atoms with Crippen molar-refractivity contribution in [3.63, 3.8) is 0 Å². The van der Waals surface area contributed by atoms with Crippen molar-refractivity contribution in [2.75, 3.05) is 0 Å². The number of non-ortho nitro benzene ring substituents is 2. The third kappa shape index (κ3) is 5.80. The van der Waals surface area contributed by atoms with Crippen LogP contribution in [0.1, 0.15) is 11.1 Å². The first kappa shape index (κ1) is 23.4. The SMILES string of the molecule is O=[N+]([O-])c1ccc(C=Nc2ccccc2N=Cc2ccc([N+](=O)[O-])cc2O)c(O)c1.[Pt]. The van der Waals surface area contributed by atoms with E-state index in [9.17, 15) is 30.4 Å². The van der Waals surface area contributed by atoms with Crippen molar-refractivity contribution in [3.8, 4) is 11.5 Å². The zero-order valence-electron chi connectivity index (χ0n) is 15.6. The molecule has 0 unspecified atom stereocenters. The second-order valence-electron chi connectivity index (χ2n) is 6.01. The molecule has 0 amide bonds. The van der Waals surface area contributed by atoms with Gasteiger partial charge in [-0.15, -0.1) is 0 Å². The van der Waals surface area contributed by atoms with E-state index in [-0.39, 0.29) is 55.1 Å². The molecule has 0 aliphatic heterocycles. The minimum Gasteiger partial charge on any atom is -0.507 e. The Kier molecular flexibility index (Phi) is 7.70. The largest absolute Gasteiger partial charge is 0.507 e. The Labute approximate surface area is 189 Å². The number of benzene rings is 3. The van der Waals surface area contributed by atoms with Crippen LogP contribution >= 0.6 is 0 Å². The van der Waals surface area contributed by atoms with Gasteiger partial charge in [0.05, 0.1) is 33.4 Å². The molecule has 3 aromatic carbocycles. The second-order valence-corrected chi connectivity index (χ2v) is 6.01. The Balaban J connectivity index is 0.00000341. The van der Waals surface area contributed by atoms with Gasteiger partial charge in [-0.1, -0.05) is 12.1 Å². The molecule has 31 heavy (non-hydrogen) atoms. The summed E-state index contributed by atoms with van der Waals surface area (Å²) in [4.78, 5) is 28.8. The standard InChI is InChI=1S/C20H14N4O6.Pt/c25-19-9-15(23(27)28)7-5-13(19)11-21-17-3-1-2-4-18(17)22-12-14-6-8-16(24(29)30)10-20(14)26;/h1-12,25-26H;. The molecule has 0 spiro atoms. The van der Waals surface area contributed by atoms with Crippen molar-refractivity contribution in [1.82, 2.24) is 0 Å². The van der Waals surface area contributed by atoms with E-state index < -0.39 is 9.85 Å². The number of nitro benzene ring substituents is 2. The van der Waals surface area contributed by atoms with Gasteiger partial charge in [-0.25, -0.2) is 0 Å². The summed E-state index contributed by atoms with van der Waals surface area (Å²) in [5.74, 6) is -0.575. The number of nitro groups is 2. The fourth-order valence-electron chi connectivity index (χ4n) is 2.47. The van der Waals surface area contributed by atoms with E-state index in [0.717, 1.165) is 12.1 Å². The molecule has 3 rings (SSSR count). The summed E-state index contributed by atoms with van der Waals surface area (Å²) < 4.78 is 0. The van der Waals surface area contributed by atoms with Crippen molar-refractivity contribution in [3.05, 3.63) is 92.0 Å². The van der Waals surface area contributed by atoms with Crippen LogP contribution in [-0.2, 0) is 21.1 Å². The maximum absolute atomic E-state index is 10.7. The van der Waals surface area contributed by atoms with Gasteiger partial charge in [0.1, 0.15) is 11.5 Å². The van der Waals surface area contributed by atoms with Gasteiger partial charge in [0.15, 0.2) is 0 Å². The predicted octanol–water partition coefficient (Wildman–Crippen LogP) is 4.41. The molecule has 0 fully saturated rings. The summed E-state index contributed by atoms with van der Waals surface area (Å²) in [6, 6.07) is 14.1. The number of rotatable bonds is 6. The van der Waals surface area contributed by atoms with Gasteiger partial charge in [-0.2, -0.15) is 0 Å². The smallest absolute Gasteiger partial charge is 0.273 e. The van der Waals surface area contributed by atoms with Crippen molar-refractivity contribution in [2.45, 2.75) is 0 Å². The summed E-state index contributed by atoms with van der Waals surface area (Å²) >= 11 is 0. The predicted molar refractivity (Wildman–Crippen MR) is 110 cm³/mol. The number of phenols is 2. The molecule has 0 bridgehead atoms. The Bertz CT molecular complexity index is 1100. The number of phenolic OH excluding ortho intramolecular Hbond substituents is 2. The van der Waals surface area contributed by atoms with E-state index in [2.05, 4.69) is 9.98 Å². The Hall–Kier alpha value is -3.91. The molecule has 0 aliphatic carbocycles. The van der Waals surface area contributed by atoms with Gasteiger partial charge < -0.3 is 10.2 Å². The zero-order chi connectivity index (χ0) is 21.7. The summed E-state index contributed by atoms with van der Waals surface area (Å²) in [5, 5.41) is 41.4. The number of hydrogen-bond acceptors (Lipinski definition) is 8. The van der Waals surface area contributed by atoms with Crippen LogP contribution in [-0.4, -0.2) is 32.5 Å². The average Bonchev–Trinajstić information content (AvgIpc) is 2.72. The molecule has 160 valence electrons. The molecular formula is C20H14N4O6Pt. The fourth-order valence-corrected chi connectivity index (χ4v) is 2.47. The van der Waals surface area contributed by atoms with Gasteiger partial charge in [0, 0.05) is 56.8 Å². The normalized spacial score (nSPS) is 10.8. The molecule has 0 heterocycles. The summed E-state index contributed by atoms with van der Waals surface area (Å²) in [5.41, 5.74) is 0.968. The summed E-state index contributed by atoms with van der Waals surface area (Å²) in [6.07, 6.45) is 2.69. The summed E-state index contributed by atoms with van der Waals surface area (Å²) in [7, 11) is 0. The molecule has 0 saturated heterocycles. The van der Waals surface area contributed by atoms with E-state index in [1.165, 1.54) is 36.7 Å². The minimum atomic E-state index is -0.613. The van der Waals surface area contributed by atoms with Crippen LogP contribution in [0, 0.1) is 20.2 Å². The molecule has 0 radical (unpaired) electrons. The topological polar surface area (TPSA) is 151 Å². The quantitative estimate of drug-likeness (QED) is 0.243. The number of nitrogens with zero attached hydrogens (tertiary/aromatic N) is 4. The maximum atomic E-state index is 10.7. The van der Waals surface area contributed by atoms with Crippen molar-refractivity contribution >= 4 is 35.2 Å². The average molecular weight is 601 g/mol. The number of para-hydroxylation sites is 2. The second kappa shape index (κ2) is 10.2. The van der Waals surface area contributed by atoms with Gasteiger partial charge in [0.2, 0.25) is 0 Å². The van der Waals surface area contributed by atoms with Crippen LogP contribution in [0.3, 0.4) is 0 Å². The zero-order valence-corrected chi connectivity index (χ0v) is 17.8. The van der Waals surface area contributed by atoms with Crippen molar-refractivity contribution < 1.29 is 41.1 Å². The van der Waals surface area contributed by atoms with Crippen LogP contribution in [0.2, 0.25) is 0 Å². The number of aliphatic imine (C=N–C) groups is 2. The van der Waals surface area contributed by atoms with Gasteiger partial charge in [0.25, 0.3) is 11.4 Å². The Morgan fingerprint density at radius 3 is 1.42 bits per heavy atom. The monoisotopic (exact) mass is 601 g/mol. The molecule has 2 N–H and O–H groups in total. The molecule has 0 atom stereocenters. The first-order valence-electron chi connectivity index (χ1n) is 8.47. The van der Waals surface area contributed by atoms with Crippen LogP contribution < -0.4 is 0 Å². The molecule has 0 aliphatic rings. The molecule has 3 aromatic rings. The fraction of sp³-hybridized carbons (Fsp3) is 0. The first-order chi connectivity index (χ1) is 14.3. The Morgan fingerprint density at radius 1 is 0.710 bits per heavy atom. The maximum Gasteiger partial charge on any atom is 0.273 e. The van der Waals surface area contributed by atoms with E-state index >= 15 is 0 Å². The molecule has 11 heteroatoms. The van der Waals surface area contributed by atoms with E-state index in [4.69, 9.17) is 0 Å². The van der Waals surface area contributed by atoms with Crippen molar-refractivity contribution in [2.24, 2.45) is 9.98 Å². The van der Waals surface area contributed by atoms with Gasteiger partial charge >= 0.3 is 0 Å². The third-order valence-corrected chi connectivity index (χ3v) is 4.02. The number of aromatic hydroxyl groups is 2. The van der Waals surface area contributed by atoms with Crippen LogP contribution in [0.4, 0.5) is 22.7 Å². The molecule has 10 nitrogen and oxygen atoms in total. The van der Waals surface area contributed by atoms with Gasteiger partial charge in [-0.3, -0.25) is 30.2 Å². The van der Waals surface area contributed by atoms with E-state index in [1.54, 1.807) is 24.3 Å². The van der Waals surface area contributed by atoms with Crippen molar-refractivity contribution in [1.29, 1.82) is 0 Å². The van der Waals surface area contributed by atoms with E-state index in [0.29, 0.717) is 11.4 Å². The van der Waals surface area contributed by atoms with Crippen LogP contribution in [0.25, 0.3) is 0 Å². The van der Waals surface area contributed by atoms with Crippen LogP contribution in [0.5, 0.6) is 11.5 Å². The molecule has 0 saturated carbocycles. The number of hydrogen-bond donors (Lipinski definition) is 2. The third-order valence-electron chi connectivity index (χ3n) is 4.02. The summed E-state index contributed by atoms with van der Waals surface area (Å²) in [6.45, 7) is 0. The van der Waals surface area contributed by atoms with Crippen LogP contribution in [0.15, 0.2) is 70.6 Å². The minimum absolute atomic E-state index is 0. The molecule has 0 aromatic heterocycles. The molecular weight excluding hydrogens is 587 g/mol. The first-order valence-corrected chi connectivity index (χ1v) is 8.47. The van der Waals surface area contributed by atoms with E-state index in [1.807, 2.05) is 0 Å².